The van der Waals surface area contributed by atoms with Gasteiger partial charge in [0.15, 0.2) is 0 Å². The molecule has 4 aliphatic rings. The topological polar surface area (TPSA) is 173 Å². The average molecular weight is 914 g/mol. The van der Waals surface area contributed by atoms with Crippen LogP contribution >= 0.6 is 0 Å². The Kier molecular flexibility index (Phi) is 16.4. The van der Waals surface area contributed by atoms with E-state index in [4.69, 9.17) is 33.7 Å². The Bertz CT molecular complexity index is 2410. The van der Waals surface area contributed by atoms with Crippen LogP contribution in [0.25, 0.3) is 10.8 Å². The van der Waals surface area contributed by atoms with E-state index in [1.807, 2.05) is 42.5 Å². The molecule has 2 fully saturated rings. The van der Waals surface area contributed by atoms with Gasteiger partial charge in [-0.15, -0.1) is 6.58 Å². The van der Waals surface area contributed by atoms with Gasteiger partial charge in [0.1, 0.15) is 23.3 Å². The molecule has 4 aromatic rings. The number of unbranched alkanes of at least 4 members (excludes halogenated alkanes) is 2. The van der Waals surface area contributed by atoms with Gasteiger partial charge in [-0.2, -0.15) is 5.26 Å². The number of amides is 1. The number of rotatable bonds is 22. The van der Waals surface area contributed by atoms with E-state index in [0.29, 0.717) is 60.0 Å². The van der Waals surface area contributed by atoms with Gasteiger partial charge in [0.2, 0.25) is 12.1 Å². The van der Waals surface area contributed by atoms with Crippen molar-refractivity contribution in [3.05, 3.63) is 126 Å². The zero-order chi connectivity index (χ0) is 46.6. The zero-order valence-electron chi connectivity index (χ0n) is 38.2. The molecule has 1 saturated carbocycles. The van der Waals surface area contributed by atoms with Gasteiger partial charge < -0.3 is 48.7 Å². The summed E-state index contributed by atoms with van der Waals surface area (Å²) in [5, 5.41) is 46.5. The first-order valence-electron chi connectivity index (χ1n) is 23.9. The molecule has 67 heavy (non-hydrogen) atoms. The molecular formula is C54H63N3O10. The molecule has 2 aliphatic heterocycles. The molecule has 13 heteroatoms. The Balaban J connectivity index is 1.33. The molecule has 0 aromatic heterocycles. The number of carbonyl (C=O) groups is 1. The van der Waals surface area contributed by atoms with Crippen molar-refractivity contribution in [3.63, 3.8) is 0 Å². The van der Waals surface area contributed by atoms with Crippen molar-refractivity contribution in [2.45, 2.75) is 88.2 Å². The molecule has 0 spiro atoms. The van der Waals surface area contributed by atoms with E-state index >= 15 is 4.79 Å². The number of carbonyl (C=O) groups excluding carboxylic acids is 1. The molecular weight excluding hydrogens is 851 g/mol. The van der Waals surface area contributed by atoms with Crippen LogP contribution in [0, 0.1) is 29.1 Å². The second-order valence-electron chi connectivity index (χ2n) is 17.8. The monoisotopic (exact) mass is 913 g/mol. The molecule has 1 amide bonds. The Morgan fingerprint density at radius 3 is 2.43 bits per heavy atom. The molecule has 13 nitrogen and oxygen atoms in total. The number of ether oxygens (including phenoxy) is 5. The Labute approximate surface area is 393 Å². The number of benzene rings is 4. The third-order valence-electron chi connectivity index (χ3n) is 13.6. The number of oxime groups is 1. The summed E-state index contributed by atoms with van der Waals surface area (Å²) >= 11 is 0. The fourth-order valence-electron chi connectivity index (χ4n) is 10.6. The Morgan fingerprint density at radius 1 is 0.910 bits per heavy atom. The van der Waals surface area contributed by atoms with Crippen molar-refractivity contribution < 1.29 is 48.6 Å². The van der Waals surface area contributed by atoms with Crippen LogP contribution in [0.3, 0.4) is 0 Å². The van der Waals surface area contributed by atoms with E-state index < -0.39 is 24.0 Å². The Morgan fingerprint density at radius 2 is 1.69 bits per heavy atom. The number of nitriles is 1. The Hall–Kier alpha value is -5.59. The minimum atomic E-state index is -1.51. The van der Waals surface area contributed by atoms with Crippen molar-refractivity contribution in [1.29, 1.82) is 5.26 Å². The SMILES string of the molecule is C=CCO[C@@]12Oc3ccc(Oc4ccc5ccccc5c4)cc3[C@H]3[C@H](CCCCO)[C@@H](CCCCO)C=C(C(=NOC4CCCCO4)C[C@@H]1N(CCOCCO)C(=O)c1ccc(C#N)cc1)[C@H]32. The lowest BCUT2D eigenvalue weighted by Gasteiger charge is -2.60. The highest BCUT2D eigenvalue weighted by molar-refractivity contribution is 6.03. The summed E-state index contributed by atoms with van der Waals surface area (Å²) in [6, 6.07) is 28.0. The molecule has 2 heterocycles. The van der Waals surface area contributed by atoms with Crippen molar-refractivity contribution in [3.8, 4) is 23.3 Å². The normalized spacial score (nSPS) is 24.7. The van der Waals surface area contributed by atoms with E-state index in [1.165, 1.54) is 0 Å². The third kappa shape index (κ3) is 10.8. The lowest BCUT2D eigenvalue weighted by Crippen LogP contribution is -2.70. The van der Waals surface area contributed by atoms with E-state index in [-0.39, 0.29) is 76.3 Å². The standard InChI is InChI=1S/C54H63N3O10/c1-2-28-64-54-49(57(24-30-62-31-27-60)53(61)39-18-16-37(36-55)17-19-39)35-47(56-67-50-15-7-10-29-63-50)45-33-41(13-5-8-25-58)44(14-6-9-26-59)51(52(45)54)46-34-43(22-23-48(46)66-54)65-42-21-20-38-11-3-4-12-40(38)32-42/h2-4,11-12,16-23,32-34,41,44,49-52,58-60H,1,5-10,13-15,24-31,35H2/t41-,44+,49-,50?,51+,52+,54+/m0/s1. The number of hydrogen-bond donors (Lipinski definition) is 3. The first-order chi connectivity index (χ1) is 32.9. The first kappa shape index (κ1) is 47.9. The van der Waals surface area contributed by atoms with Gasteiger partial charge >= 0.3 is 0 Å². The lowest BCUT2D eigenvalue weighted by molar-refractivity contribution is -0.255. The van der Waals surface area contributed by atoms with Crippen LogP contribution in [0.2, 0.25) is 0 Å². The van der Waals surface area contributed by atoms with Crippen molar-refractivity contribution in [1.82, 2.24) is 4.90 Å². The number of aliphatic hydroxyl groups is 3. The highest BCUT2D eigenvalue weighted by atomic mass is 16.8. The third-order valence-corrected chi connectivity index (χ3v) is 13.6. The molecule has 1 saturated heterocycles. The summed E-state index contributed by atoms with van der Waals surface area (Å²) in [6.45, 7) is 5.00. The lowest BCUT2D eigenvalue weighted by atomic mass is 9.55. The zero-order valence-corrected chi connectivity index (χ0v) is 38.2. The summed E-state index contributed by atoms with van der Waals surface area (Å²) in [7, 11) is 0. The molecule has 1 unspecified atom stereocenters. The number of nitrogens with zero attached hydrogens (tertiary/aromatic N) is 3. The molecule has 0 bridgehead atoms. The minimum Gasteiger partial charge on any atom is -0.459 e. The van der Waals surface area contributed by atoms with Gasteiger partial charge in [-0.25, -0.2) is 0 Å². The fraction of sp³-hybridized carbons (Fsp3) is 0.463. The summed E-state index contributed by atoms with van der Waals surface area (Å²) in [5.74, 6) is -0.699. The quantitative estimate of drug-likeness (QED) is 0.0391. The highest BCUT2D eigenvalue weighted by Gasteiger charge is 2.65. The van der Waals surface area contributed by atoms with Crippen LogP contribution in [0.4, 0.5) is 0 Å². The second-order valence-corrected chi connectivity index (χ2v) is 17.8. The number of allylic oxidation sites excluding steroid dienone is 1. The van der Waals surface area contributed by atoms with Crippen LogP contribution in [0.15, 0.2) is 114 Å². The summed E-state index contributed by atoms with van der Waals surface area (Å²) in [4.78, 5) is 23.2. The predicted octanol–water partition coefficient (Wildman–Crippen LogP) is 8.82. The van der Waals surface area contributed by atoms with Crippen LogP contribution in [0.1, 0.15) is 91.6 Å². The first-order valence-corrected chi connectivity index (χ1v) is 23.9. The van der Waals surface area contributed by atoms with Gasteiger partial charge in [0, 0.05) is 49.6 Å². The molecule has 4 aromatic carbocycles. The van der Waals surface area contributed by atoms with E-state index in [9.17, 15) is 20.6 Å². The van der Waals surface area contributed by atoms with Gasteiger partial charge in [-0.1, -0.05) is 60.5 Å². The van der Waals surface area contributed by atoms with E-state index in [0.717, 1.165) is 60.4 Å². The van der Waals surface area contributed by atoms with E-state index in [2.05, 4.69) is 36.9 Å². The minimum absolute atomic E-state index is 0.00225. The molecule has 354 valence electrons. The second kappa shape index (κ2) is 22.9. The molecule has 0 radical (unpaired) electrons. The van der Waals surface area contributed by atoms with Crippen LogP contribution in [-0.4, -0.2) is 103 Å². The smallest absolute Gasteiger partial charge is 0.254 e. The average Bonchev–Trinajstić information content (AvgIpc) is 3.36. The van der Waals surface area contributed by atoms with Gasteiger partial charge in [0.05, 0.1) is 56.3 Å². The molecule has 7 atom stereocenters. The number of hydrogen-bond acceptors (Lipinski definition) is 12. The number of fused-ring (bicyclic) bond motifs is 3. The fourth-order valence-corrected chi connectivity index (χ4v) is 10.6. The van der Waals surface area contributed by atoms with Crippen LogP contribution in [-0.2, 0) is 19.0 Å². The van der Waals surface area contributed by atoms with Crippen LogP contribution < -0.4 is 9.47 Å². The van der Waals surface area contributed by atoms with Gasteiger partial charge in [0.25, 0.3) is 5.91 Å². The number of aliphatic hydroxyl groups excluding tert-OH is 3. The maximum Gasteiger partial charge on any atom is 0.254 e. The summed E-state index contributed by atoms with van der Waals surface area (Å²) in [6.07, 6.45) is 10.7. The van der Waals surface area contributed by atoms with Crippen LogP contribution in [0.5, 0.6) is 17.2 Å². The van der Waals surface area contributed by atoms with Crippen molar-refractivity contribution in [2.75, 3.05) is 52.8 Å². The predicted molar refractivity (Wildman–Crippen MR) is 254 cm³/mol. The summed E-state index contributed by atoms with van der Waals surface area (Å²) < 4.78 is 33.1. The largest absolute Gasteiger partial charge is 0.459 e. The van der Waals surface area contributed by atoms with E-state index in [1.54, 1.807) is 35.2 Å². The van der Waals surface area contributed by atoms with Gasteiger partial charge in [-0.05, 0) is 121 Å². The van der Waals surface area contributed by atoms with Gasteiger partial charge in [-0.3, -0.25) is 4.79 Å². The maximum absolute atomic E-state index is 15.2. The van der Waals surface area contributed by atoms with Crippen molar-refractivity contribution >= 4 is 22.4 Å². The highest BCUT2D eigenvalue weighted by Crippen LogP contribution is 2.62. The molecule has 3 N–H and O–H groups in total. The molecule has 8 rings (SSSR count). The summed E-state index contributed by atoms with van der Waals surface area (Å²) in [5.41, 5.74) is 3.27. The van der Waals surface area contributed by atoms with Crippen molar-refractivity contribution in [2.24, 2.45) is 22.9 Å². The molecule has 2 aliphatic carbocycles. The maximum atomic E-state index is 15.2.